The first-order valence-corrected chi connectivity index (χ1v) is 9.63. The number of anilines is 1. The molecule has 0 aliphatic carbocycles. The molecule has 2 aromatic rings. The molecule has 1 saturated heterocycles. The first-order valence-electron chi connectivity index (χ1n) is 9.63. The number of aromatic hydroxyl groups is 1. The quantitative estimate of drug-likeness (QED) is 0.853. The molecule has 0 spiro atoms. The predicted molar refractivity (Wildman–Crippen MR) is 109 cm³/mol. The first kappa shape index (κ1) is 19.2. The van der Waals surface area contributed by atoms with Gasteiger partial charge in [-0.1, -0.05) is 31.2 Å². The zero-order valence-corrected chi connectivity index (χ0v) is 16.3. The number of carbonyl (C=O) groups excluding carboxylic acids is 1. The Balaban J connectivity index is 1.46. The van der Waals surface area contributed by atoms with E-state index in [-0.39, 0.29) is 11.7 Å². The van der Waals surface area contributed by atoms with E-state index < -0.39 is 0 Å². The summed E-state index contributed by atoms with van der Waals surface area (Å²) in [6, 6.07) is 15.8. The maximum atomic E-state index is 12.6. The predicted octanol–water partition coefficient (Wildman–Crippen LogP) is 2.74. The number of hydrogen-bond acceptors (Lipinski definition) is 4. The number of nitrogens with zero attached hydrogens (tertiary/aromatic N) is 3. The Kier molecular flexibility index (Phi) is 6.35. The van der Waals surface area contributed by atoms with Crippen LogP contribution in [0.3, 0.4) is 0 Å². The fraction of sp³-hybridized carbons (Fsp3) is 0.409. The second-order valence-electron chi connectivity index (χ2n) is 7.20. The van der Waals surface area contributed by atoms with Crippen LogP contribution in [0.2, 0.25) is 0 Å². The first-order chi connectivity index (χ1) is 13.0. The molecule has 1 heterocycles. The number of benzene rings is 2. The molecule has 1 fully saturated rings. The standard InChI is InChI=1S/C22H29N3O2/c1-3-18-4-6-19(7-5-18)16-23(2)22(27)17-24-12-14-25(15-13-24)20-8-10-21(26)11-9-20/h4-11,26H,3,12-17H2,1-2H3. The molecule has 0 saturated carbocycles. The van der Waals surface area contributed by atoms with Gasteiger partial charge < -0.3 is 14.9 Å². The number of phenols is 1. The smallest absolute Gasteiger partial charge is 0.236 e. The van der Waals surface area contributed by atoms with Crippen molar-refractivity contribution in [3.05, 3.63) is 59.7 Å². The second kappa shape index (κ2) is 8.91. The molecule has 1 aliphatic heterocycles. The Bertz CT molecular complexity index is 735. The van der Waals surface area contributed by atoms with Gasteiger partial charge in [-0.05, 0) is 41.8 Å². The Labute approximate surface area is 161 Å². The van der Waals surface area contributed by atoms with Gasteiger partial charge in [-0.3, -0.25) is 9.69 Å². The average Bonchev–Trinajstić information content (AvgIpc) is 2.70. The molecule has 0 radical (unpaired) electrons. The maximum Gasteiger partial charge on any atom is 0.236 e. The van der Waals surface area contributed by atoms with Gasteiger partial charge in [0.05, 0.1) is 6.54 Å². The number of hydrogen-bond donors (Lipinski definition) is 1. The zero-order chi connectivity index (χ0) is 19.2. The molecule has 1 aliphatic rings. The highest BCUT2D eigenvalue weighted by molar-refractivity contribution is 5.78. The van der Waals surface area contributed by atoms with Crippen molar-refractivity contribution >= 4 is 11.6 Å². The van der Waals surface area contributed by atoms with Gasteiger partial charge in [0.2, 0.25) is 5.91 Å². The molecule has 0 unspecified atom stereocenters. The summed E-state index contributed by atoms with van der Waals surface area (Å²) in [6.07, 6.45) is 1.03. The van der Waals surface area contributed by atoms with Crippen LogP contribution < -0.4 is 4.90 Å². The molecule has 1 amide bonds. The summed E-state index contributed by atoms with van der Waals surface area (Å²) in [6.45, 7) is 6.77. The highest BCUT2D eigenvalue weighted by atomic mass is 16.3. The number of piperazine rings is 1. The van der Waals surface area contributed by atoms with Crippen LogP contribution in [0.25, 0.3) is 0 Å². The summed E-state index contributed by atoms with van der Waals surface area (Å²) >= 11 is 0. The average molecular weight is 367 g/mol. The number of amides is 1. The van der Waals surface area contributed by atoms with Crippen molar-refractivity contribution in [2.75, 3.05) is 44.7 Å². The summed E-state index contributed by atoms with van der Waals surface area (Å²) in [5, 5.41) is 9.41. The van der Waals surface area contributed by atoms with Crippen LogP contribution in [0.15, 0.2) is 48.5 Å². The molecule has 5 nitrogen and oxygen atoms in total. The fourth-order valence-electron chi connectivity index (χ4n) is 3.38. The molecular weight excluding hydrogens is 338 g/mol. The maximum absolute atomic E-state index is 12.6. The van der Waals surface area contributed by atoms with E-state index in [1.54, 1.807) is 12.1 Å². The van der Waals surface area contributed by atoms with Crippen LogP contribution in [0.1, 0.15) is 18.1 Å². The van der Waals surface area contributed by atoms with Crippen LogP contribution in [0.4, 0.5) is 5.69 Å². The fourth-order valence-corrected chi connectivity index (χ4v) is 3.38. The van der Waals surface area contributed by atoms with Crippen molar-refractivity contribution in [1.29, 1.82) is 0 Å². The minimum atomic E-state index is 0.160. The molecule has 144 valence electrons. The van der Waals surface area contributed by atoms with Crippen LogP contribution in [-0.4, -0.2) is 60.6 Å². The van der Waals surface area contributed by atoms with Gasteiger partial charge in [0.1, 0.15) is 5.75 Å². The van der Waals surface area contributed by atoms with Gasteiger partial charge in [0.25, 0.3) is 0 Å². The van der Waals surface area contributed by atoms with Crippen LogP contribution >= 0.6 is 0 Å². The lowest BCUT2D eigenvalue weighted by Crippen LogP contribution is -2.49. The third-order valence-electron chi connectivity index (χ3n) is 5.22. The van der Waals surface area contributed by atoms with Crippen LogP contribution in [-0.2, 0) is 17.8 Å². The van der Waals surface area contributed by atoms with Gasteiger partial charge in [-0.15, -0.1) is 0 Å². The second-order valence-corrected chi connectivity index (χ2v) is 7.20. The molecule has 0 aromatic heterocycles. The third kappa shape index (κ3) is 5.23. The number of phenolic OH excluding ortho intramolecular Hbond substituents is 1. The zero-order valence-electron chi connectivity index (χ0n) is 16.3. The van der Waals surface area contributed by atoms with E-state index in [2.05, 4.69) is 41.0 Å². The third-order valence-corrected chi connectivity index (χ3v) is 5.22. The van der Waals surface area contributed by atoms with E-state index in [1.165, 1.54) is 11.1 Å². The van der Waals surface area contributed by atoms with Crippen LogP contribution in [0, 0.1) is 0 Å². The van der Waals surface area contributed by atoms with E-state index in [0.717, 1.165) is 38.3 Å². The van der Waals surface area contributed by atoms with E-state index in [1.807, 2.05) is 24.1 Å². The molecule has 0 bridgehead atoms. The summed E-state index contributed by atoms with van der Waals surface area (Å²) in [5.74, 6) is 0.447. The summed E-state index contributed by atoms with van der Waals surface area (Å²) < 4.78 is 0. The molecular formula is C22H29N3O2. The van der Waals surface area contributed by atoms with Gasteiger partial charge in [-0.2, -0.15) is 0 Å². The van der Waals surface area contributed by atoms with Crippen molar-refractivity contribution in [3.63, 3.8) is 0 Å². The van der Waals surface area contributed by atoms with Crippen molar-refractivity contribution < 1.29 is 9.90 Å². The molecule has 27 heavy (non-hydrogen) atoms. The Morgan fingerprint density at radius 3 is 2.15 bits per heavy atom. The van der Waals surface area contributed by atoms with Crippen molar-refractivity contribution in [2.45, 2.75) is 19.9 Å². The molecule has 0 atom stereocenters. The number of likely N-dealkylation sites (N-methyl/N-ethyl adjacent to an activating group) is 1. The number of rotatable bonds is 6. The van der Waals surface area contributed by atoms with E-state index in [0.29, 0.717) is 13.1 Å². The van der Waals surface area contributed by atoms with E-state index in [9.17, 15) is 9.90 Å². The minimum Gasteiger partial charge on any atom is -0.508 e. The monoisotopic (exact) mass is 367 g/mol. The Morgan fingerprint density at radius 1 is 0.963 bits per heavy atom. The lowest BCUT2D eigenvalue weighted by atomic mass is 10.1. The van der Waals surface area contributed by atoms with Crippen molar-refractivity contribution in [1.82, 2.24) is 9.80 Å². The number of carbonyl (C=O) groups is 1. The minimum absolute atomic E-state index is 0.160. The SMILES string of the molecule is CCc1ccc(CN(C)C(=O)CN2CCN(c3ccc(O)cc3)CC2)cc1. The van der Waals surface area contributed by atoms with Gasteiger partial charge in [0.15, 0.2) is 0 Å². The topological polar surface area (TPSA) is 47.0 Å². The molecule has 1 N–H and O–H groups in total. The highest BCUT2D eigenvalue weighted by Crippen LogP contribution is 2.19. The summed E-state index contributed by atoms with van der Waals surface area (Å²) in [7, 11) is 1.88. The lowest BCUT2D eigenvalue weighted by molar-refractivity contribution is -0.131. The molecule has 3 rings (SSSR count). The number of aryl methyl sites for hydroxylation is 1. The largest absolute Gasteiger partial charge is 0.508 e. The van der Waals surface area contributed by atoms with Gasteiger partial charge in [-0.25, -0.2) is 0 Å². The van der Waals surface area contributed by atoms with E-state index >= 15 is 0 Å². The summed E-state index contributed by atoms with van der Waals surface area (Å²) in [4.78, 5) is 18.9. The molecule has 2 aromatic carbocycles. The molecule has 5 heteroatoms. The van der Waals surface area contributed by atoms with Crippen molar-refractivity contribution in [3.8, 4) is 5.75 Å². The van der Waals surface area contributed by atoms with E-state index in [4.69, 9.17) is 0 Å². The lowest BCUT2D eigenvalue weighted by Gasteiger charge is -2.36. The van der Waals surface area contributed by atoms with Gasteiger partial charge in [0, 0.05) is 45.5 Å². The van der Waals surface area contributed by atoms with Gasteiger partial charge >= 0.3 is 0 Å². The van der Waals surface area contributed by atoms with Crippen molar-refractivity contribution in [2.24, 2.45) is 0 Å². The summed E-state index contributed by atoms with van der Waals surface area (Å²) in [5.41, 5.74) is 3.60. The Morgan fingerprint density at radius 2 is 1.56 bits per heavy atom. The van der Waals surface area contributed by atoms with Crippen LogP contribution in [0.5, 0.6) is 5.75 Å². The normalized spacial score (nSPS) is 15.0. The Hall–Kier alpha value is -2.53. The highest BCUT2D eigenvalue weighted by Gasteiger charge is 2.20.